The normalized spacial score (nSPS) is 28.5. The van der Waals surface area contributed by atoms with Crippen LogP contribution in [0.15, 0.2) is 12.2 Å². The SMILES string of the molecule is CC(C)C(=O)[C@H]1CCC[C@@H]1N1C(=O)C=CC1=O. The van der Waals surface area contributed by atoms with Gasteiger partial charge in [-0.25, -0.2) is 0 Å². The molecule has 0 bridgehead atoms. The predicted molar refractivity (Wildman–Crippen MR) is 62.0 cm³/mol. The summed E-state index contributed by atoms with van der Waals surface area (Å²) in [5.74, 6) is -0.587. The standard InChI is InChI=1S/C13H17NO3/c1-8(2)13(17)9-4-3-5-10(9)14-11(15)6-7-12(14)16/h6-10H,3-5H2,1-2H3/t9-,10-/m0/s1. The molecule has 1 saturated carbocycles. The van der Waals surface area contributed by atoms with Crippen molar-refractivity contribution in [1.82, 2.24) is 4.90 Å². The Bertz CT molecular complexity index is 379. The van der Waals surface area contributed by atoms with Crippen molar-refractivity contribution in [2.24, 2.45) is 11.8 Å². The van der Waals surface area contributed by atoms with Crippen LogP contribution < -0.4 is 0 Å². The first-order chi connectivity index (χ1) is 8.02. The minimum absolute atomic E-state index is 0.0404. The van der Waals surface area contributed by atoms with Crippen molar-refractivity contribution >= 4 is 17.6 Å². The number of nitrogens with zero attached hydrogens (tertiary/aromatic N) is 1. The molecule has 2 aliphatic rings. The predicted octanol–water partition coefficient (Wildman–Crippen LogP) is 1.31. The fourth-order valence-electron chi connectivity index (χ4n) is 2.75. The van der Waals surface area contributed by atoms with E-state index in [0.717, 1.165) is 19.3 Å². The highest BCUT2D eigenvalue weighted by atomic mass is 16.2. The van der Waals surface area contributed by atoms with Crippen molar-refractivity contribution in [2.75, 3.05) is 0 Å². The molecule has 0 aromatic heterocycles. The van der Waals surface area contributed by atoms with Crippen molar-refractivity contribution in [3.63, 3.8) is 0 Å². The number of hydrogen-bond donors (Lipinski definition) is 0. The minimum atomic E-state index is -0.275. The summed E-state index contributed by atoms with van der Waals surface area (Å²) < 4.78 is 0. The Morgan fingerprint density at radius 2 is 1.82 bits per heavy atom. The smallest absolute Gasteiger partial charge is 0.253 e. The molecule has 0 aromatic carbocycles. The van der Waals surface area contributed by atoms with Crippen LogP contribution in [0.3, 0.4) is 0 Å². The Morgan fingerprint density at radius 3 is 2.35 bits per heavy atom. The average Bonchev–Trinajstić information content (AvgIpc) is 2.84. The molecule has 0 radical (unpaired) electrons. The zero-order valence-electron chi connectivity index (χ0n) is 10.2. The van der Waals surface area contributed by atoms with E-state index in [2.05, 4.69) is 0 Å². The van der Waals surface area contributed by atoms with E-state index in [0.29, 0.717) is 0 Å². The lowest BCUT2D eigenvalue weighted by Gasteiger charge is -2.27. The maximum absolute atomic E-state index is 12.1. The van der Waals surface area contributed by atoms with E-state index in [4.69, 9.17) is 0 Å². The van der Waals surface area contributed by atoms with Gasteiger partial charge in [-0.05, 0) is 12.8 Å². The number of imide groups is 1. The number of ketones is 1. The van der Waals surface area contributed by atoms with Gasteiger partial charge < -0.3 is 0 Å². The lowest BCUT2D eigenvalue weighted by Crippen LogP contribution is -2.45. The molecule has 1 aliphatic carbocycles. The maximum Gasteiger partial charge on any atom is 0.253 e. The molecule has 0 N–H and O–H groups in total. The van der Waals surface area contributed by atoms with E-state index in [9.17, 15) is 14.4 Å². The van der Waals surface area contributed by atoms with E-state index in [-0.39, 0.29) is 35.5 Å². The second-order valence-electron chi connectivity index (χ2n) is 5.04. The second kappa shape index (κ2) is 4.43. The molecule has 2 rings (SSSR count). The lowest BCUT2D eigenvalue weighted by molar-refractivity contribution is -0.141. The van der Waals surface area contributed by atoms with Gasteiger partial charge in [-0.15, -0.1) is 0 Å². The molecule has 2 amide bonds. The third kappa shape index (κ3) is 2.04. The van der Waals surface area contributed by atoms with E-state index < -0.39 is 0 Å². The Morgan fingerprint density at radius 1 is 1.24 bits per heavy atom. The highest BCUT2D eigenvalue weighted by Crippen LogP contribution is 2.33. The molecule has 0 unspecified atom stereocenters. The third-order valence-corrected chi connectivity index (χ3v) is 3.59. The molecule has 17 heavy (non-hydrogen) atoms. The third-order valence-electron chi connectivity index (χ3n) is 3.59. The van der Waals surface area contributed by atoms with Crippen molar-refractivity contribution in [3.8, 4) is 0 Å². The molecule has 2 atom stereocenters. The van der Waals surface area contributed by atoms with Crippen LogP contribution in [0.25, 0.3) is 0 Å². The highest BCUT2D eigenvalue weighted by molar-refractivity contribution is 6.13. The molecule has 92 valence electrons. The van der Waals surface area contributed by atoms with E-state index in [1.807, 2.05) is 13.8 Å². The molecular formula is C13H17NO3. The summed E-state index contributed by atoms with van der Waals surface area (Å²) in [5, 5.41) is 0. The Kier molecular flexibility index (Phi) is 3.13. The van der Waals surface area contributed by atoms with E-state index in [1.54, 1.807) is 0 Å². The van der Waals surface area contributed by atoms with Gasteiger partial charge in [-0.1, -0.05) is 20.3 Å². The summed E-state index contributed by atoms with van der Waals surface area (Å²) in [5.41, 5.74) is 0. The first kappa shape index (κ1) is 12.0. The van der Waals surface area contributed by atoms with Crippen molar-refractivity contribution in [2.45, 2.75) is 39.2 Å². The van der Waals surface area contributed by atoms with Gasteiger partial charge in [0.25, 0.3) is 11.8 Å². The number of hydrogen-bond acceptors (Lipinski definition) is 3. The van der Waals surface area contributed by atoms with Gasteiger partial charge >= 0.3 is 0 Å². The van der Waals surface area contributed by atoms with Crippen LogP contribution >= 0.6 is 0 Å². The number of carbonyl (C=O) groups is 3. The maximum atomic E-state index is 12.1. The molecule has 0 aromatic rings. The quantitative estimate of drug-likeness (QED) is 0.693. The van der Waals surface area contributed by atoms with Crippen molar-refractivity contribution < 1.29 is 14.4 Å². The molecule has 1 aliphatic heterocycles. The molecular weight excluding hydrogens is 218 g/mol. The summed E-state index contributed by atoms with van der Waals surface area (Å²) in [6.07, 6.45) is 5.03. The average molecular weight is 235 g/mol. The summed E-state index contributed by atoms with van der Waals surface area (Å²) in [6, 6.07) is -0.222. The minimum Gasteiger partial charge on any atom is -0.299 e. The van der Waals surface area contributed by atoms with Gasteiger partial charge in [0.15, 0.2) is 0 Å². The largest absolute Gasteiger partial charge is 0.299 e. The Hall–Kier alpha value is -1.45. The number of rotatable bonds is 3. The van der Waals surface area contributed by atoms with Crippen molar-refractivity contribution in [1.29, 1.82) is 0 Å². The second-order valence-corrected chi connectivity index (χ2v) is 5.04. The molecule has 4 nitrogen and oxygen atoms in total. The lowest BCUT2D eigenvalue weighted by atomic mass is 9.90. The number of amides is 2. The Balaban J connectivity index is 2.18. The van der Waals surface area contributed by atoms with Crippen LogP contribution in [0.4, 0.5) is 0 Å². The first-order valence-electron chi connectivity index (χ1n) is 6.11. The van der Waals surface area contributed by atoms with Crippen molar-refractivity contribution in [3.05, 3.63) is 12.2 Å². The first-order valence-corrected chi connectivity index (χ1v) is 6.11. The monoisotopic (exact) mass is 235 g/mol. The van der Waals surface area contributed by atoms with Crippen LogP contribution in [0.5, 0.6) is 0 Å². The van der Waals surface area contributed by atoms with Crippen LogP contribution in [0.2, 0.25) is 0 Å². The van der Waals surface area contributed by atoms with Gasteiger partial charge in [0, 0.05) is 24.0 Å². The summed E-state index contributed by atoms with van der Waals surface area (Å²) >= 11 is 0. The topological polar surface area (TPSA) is 54.5 Å². The molecule has 1 heterocycles. The highest BCUT2D eigenvalue weighted by Gasteiger charge is 2.42. The number of Topliss-reactive ketones (excluding diaryl/α,β-unsaturated/α-hetero) is 1. The van der Waals surface area contributed by atoms with E-state index >= 15 is 0 Å². The molecule has 1 fully saturated rings. The fourth-order valence-corrected chi connectivity index (χ4v) is 2.75. The van der Waals surface area contributed by atoms with Gasteiger partial charge in [-0.3, -0.25) is 19.3 Å². The summed E-state index contributed by atoms with van der Waals surface area (Å²) in [6.45, 7) is 3.73. The molecule has 0 spiro atoms. The van der Waals surface area contributed by atoms with Crippen LogP contribution in [0.1, 0.15) is 33.1 Å². The van der Waals surface area contributed by atoms with Crippen LogP contribution in [-0.2, 0) is 14.4 Å². The van der Waals surface area contributed by atoms with Gasteiger partial charge in [0.2, 0.25) is 0 Å². The summed E-state index contributed by atoms with van der Waals surface area (Å²) in [7, 11) is 0. The fraction of sp³-hybridized carbons (Fsp3) is 0.615. The zero-order valence-corrected chi connectivity index (χ0v) is 10.2. The van der Waals surface area contributed by atoms with Crippen LogP contribution in [-0.4, -0.2) is 28.5 Å². The van der Waals surface area contributed by atoms with Crippen LogP contribution in [0, 0.1) is 11.8 Å². The molecule has 0 saturated heterocycles. The number of carbonyl (C=O) groups excluding carboxylic acids is 3. The van der Waals surface area contributed by atoms with Gasteiger partial charge in [0.05, 0.1) is 6.04 Å². The zero-order chi connectivity index (χ0) is 12.6. The Labute approximate surface area is 101 Å². The van der Waals surface area contributed by atoms with E-state index in [1.165, 1.54) is 17.1 Å². The summed E-state index contributed by atoms with van der Waals surface area (Å²) in [4.78, 5) is 36.6. The molecule has 4 heteroatoms. The van der Waals surface area contributed by atoms with Gasteiger partial charge in [0.1, 0.15) is 5.78 Å². The van der Waals surface area contributed by atoms with Gasteiger partial charge in [-0.2, -0.15) is 0 Å².